The van der Waals surface area contributed by atoms with Gasteiger partial charge >= 0.3 is 0 Å². The highest BCUT2D eigenvalue weighted by Gasteiger charge is 2.07. The lowest BCUT2D eigenvalue weighted by Crippen LogP contribution is -1.87. The van der Waals surface area contributed by atoms with Crippen molar-refractivity contribution in [3.05, 3.63) is 63.7 Å². The van der Waals surface area contributed by atoms with Gasteiger partial charge in [0.1, 0.15) is 6.07 Å². The standard InChI is InChI=1S/C14H10N2O2S/c1-10-2-3-11(9-15)14(8-10)19-13-6-4-12(5-7-13)16(17)18/h2-8H,1H3. The number of benzene rings is 2. The fourth-order valence-corrected chi connectivity index (χ4v) is 2.56. The van der Waals surface area contributed by atoms with Crippen LogP contribution >= 0.6 is 11.8 Å². The van der Waals surface area contributed by atoms with E-state index in [2.05, 4.69) is 6.07 Å². The van der Waals surface area contributed by atoms with Crippen LogP contribution in [0.3, 0.4) is 0 Å². The van der Waals surface area contributed by atoms with E-state index in [1.165, 1.54) is 23.9 Å². The number of rotatable bonds is 3. The second-order valence-electron chi connectivity index (χ2n) is 3.96. The molecule has 0 saturated carbocycles. The number of nitro benzene ring substituents is 1. The first kappa shape index (κ1) is 13.1. The van der Waals surface area contributed by atoms with Crippen LogP contribution < -0.4 is 0 Å². The van der Waals surface area contributed by atoms with Gasteiger partial charge in [0, 0.05) is 21.9 Å². The molecule has 0 aliphatic rings. The number of nitriles is 1. The van der Waals surface area contributed by atoms with Crippen molar-refractivity contribution >= 4 is 17.4 Å². The predicted molar refractivity (Wildman–Crippen MR) is 73.1 cm³/mol. The second kappa shape index (κ2) is 5.55. The summed E-state index contributed by atoms with van der Waals surface area (Å²) in [4.78, 5) is 11.9. The van der Waals surface area contributed by atoms with E-state index in [9.17, 15) is 10.1 Å². The van der Waals surface area contributed by atoms with Gasteiger partial charge in [-0.3, -0.25) is 10.1 Å². The average Bonchev–Trinajstić information content (AvgIpc) is 2.39. The number of hydrogen-bond acceptors (Lipinski definition) is 4. The molecule has 0 unspecified atom stereocenters. The number of nitro groups is 1. The van der Waals surface area contributed by atoms with Crippen molar-refractivity contribution in [2.75, 3.05) is 0 Å². The van der Waals surface area contributed by atoms with Crippen LogP contribution in [0.2, 0.25) is 0 Å². The van der Waals surface area contributed by atoms with Crippen LogP contribution in [0.5, 0.6) is 0 Å². The molecule has 2 aromatic carbocycles. The van der Waals surface area contributed by atoms with E-state index in [1.807, 2.05) is 19.1 Å². The Balaban J connectivity index is 2.28. The zero-order valence-corrected chi connectivity index (χ0v) is 11.0. The van der Waals surface area contributed by atoms with E-state index in [-0.39, 0.29) is 5.69 Å². The maximum Gasteiger partial charge on any atom is 0.269 e. The molecule has 0 saturated heterocycles. The fraction of sp³-hybridized carbons (Fsp3) is 0.0714. The quantitative estimate of drug-likeness (QED) is 0.626. The molecule has 0 spiro atoms. The summed E-state index contributed by atoms with van der Waals surface area (Å²) in [5, 5.41) is 19.6. The summed E-state index contributed by atoms with van der Waals surface area (Å²) in [6.07, 6.45) is 0. The van der Waals surface area contributed by atoms with Gasteiger partial charge in [-0.2, -0.15) is 5.26 Å². The maximum absolute atomic E-state index is 10.6. The largest absolute Gasteiger partial charge is 0.269 e. The fourth-order valence-electron chi connectivity index (χ4n) is 1.57. The summed E-state index contributed by atoms with van der Waals surface area (Å²) in [6.45, 7) is 1.96. The first-order valence-electron chi connectivity index (χ1n) is 5.53. The third kappa shape index (κ3) is 3.12. The first-order valence-corrected chi connectivity index (χ1v) is 6.35. The minimum atomic E-state index is -0.429. The van der Waals surface area contributed by atoms with Crippen molar-refractivity contribution in [1.29, 1.82) is 5.26 Å². The van der Waals surface area contributed by atoms with E-state index >= 15 is 0 Å². The van der Waals surface area contributed by atoms with Gasteiger partial charge in [-0.1, -0.05) is 17.8 Å². The topological polar surface area (TPSA) is 66.9 Å². The Morgan fingerprint density at radius 1 is 1.21 bits per heavy atom. The van der Waals surface area contributed by atoms with Crippen LogP contribution in [0.4, 0.5) is 5.69 Å². The second-order valence-corrected chi connectivity index (χ2v) is 5.08. The third-order valence-electron chi connectivity index (χ3n) is 2.53. The Kier molecular flexibility index (Phi) is 3.83. The van der Waals surface area contributed by atoms with Crippen LogP contribution in [-0.4, -0.2) is 4.92 Å². The highest BCUT2D eigenvalue weighted by Crippen LogP contribution is 2.31. The molecule has 0 aromatic heterocycles. The van der Waals surface area contributed by atoms with E-state index < -0.39 is 4.92 Å². The van der Waals surface area contributed by atoms with Crippen LogP contribution in [0.1, 0.15) is 11.1 Å². The molecule has 2 rings (SSSR count). The zero-order valence-electron chi connectivity index (χ0n) is 10.2. The molecule has 0 atom stereocenters. The molecule has 0 aliphatic carbocycles. The van der Waals surface area contributed by atoms with Gasteiger partial charge in [-0.25, -0.2) is 0 Å². The summed E-state index contributed by atoms with van der Waals surface area (Å²) in [6, 6.07) is 14.0. The zero-order chi connectivity index (χ0) is 13.8. The van der Waals surface area contributed by atoms with Crippen molar-refractivity contribution in [3.63, 3.8) is 0 Å². The molecular weight excluding hydrogens is 260 g/mol. The van der Waals surface area contributed by atoms with E-state index in [1.54, 1.807) is 18.2 Å². The van der Waals surface area contributed by atoms with Crippen LogP contribution in [0.25, 0.3) is 0 Å². The lowest BCUT2D eigenvalue weighted by atomic mass is 10.2. The molecule has 0 bridgehead atoms. The summed E-state index contributed by atoms with van der Waals surface area (Å²) in [5.74, 6) is 0. The van der Waals surface area contributed by atoms with Gasteiger partial charge in [0.25, 0.3) is 5.69 Å². The highest BCUT2D eigenvalue weighted by atomic mass is 32.2. The molecule has 0 aliphatic heterocycles. The van der Waals surface area contributed by atoms with Gasteiger partial charge in [0.05, 0.1) is 10.5 Å². The van der Waals surface area contributed by atoms with Gasteiger partial charge in [-0.05, 0) is 36.8 Å². The van der Waals surface area contributed by atoms with Crippen LogP contribution in [-0.2, 0) is 0 Å². The van der Waals surface area contributed by atoms with Gasteiger partial charge in [0.2, 0.25) is 0 Å². The number of nitrogens with zero attached hydrogens (tertiary/aromatic N) is 2. The van der Waals surface area contributed by atoms with Gasteiger partial charge in [0.15, 0.2) is 0 Å². The molecule has 94 valence electrons. The third-order valence-corrected chi connectivity index (χ3v) is 3.60. The molecule has 19 heavy (non-hydrogen) atoms. The Bertz CT molecular complexity index is 660. The summed E-state index contributed by atoms with van der Waals surface area (Å²) < 4.78 is 0. The Hall–Kier alpha value is -2.32. The number of non-ortho nitro benzene ring substituents is 1. The van der Waals surface area contributed by atoms with E-state index in [0.29, 0.717) is 5.56 Å². The maximum atomic E-state index is 10.6. The summed E-state index contributed by atoms with van der Waals surface area (Å²) in [7, 11) is 0. The lowest BCUT2D eigenvalue weighted by molar-refractivity contribution is -0.384. The number of aryl methyl sites for hydroxylation is 1. The van der Waals surface area contributed by atoms with Crippen molar-refractivity contribution in [3.8, 4) is 6.07 Å². The van der Waals surface area contributed by atoms with Crippen LogP contribution in [0.15, 0.2) is 52.3 Å². The van der Waals surface area contributed by atoms with Crippen LogP contribution in [0, 0.1) is 28.4 Å². The van der Waals surface area contributed by atoms with Gasteiger partial charge in [-0.15, -0.1) is 0 Å². The van der Waals surface area contributed by atoms with Crippen molar-refractivity contribution in [2.24, 2.45) is 0 Å². The van der Waals surface area contributed by atoms with Crippen molar-refractivity contribution < 1.29 is 4.92 Å². The average molecular weight is 270 g/mol. The molecule has 0 N–H and O–H groups in total. The Morgan fingerprint density at radius 3 is 2.47 bits per heavy atom. The number of hydrogen-bond donors (Lipinski definition) is 0. The SMILES string of the molecule is Cc1ccc(C#N)c(Sc2ccc([N+](=O)[O-])cc2)c1. The Labute approximate surface area is 114 Å². The molecule has 2 aromatic rings. The van der Waals surface area contributed by atoms with Crippen molar-refractivity contribution in [2.45, 2.75) is 16.7 Å². The highest BCUT2D eigenvalue weighted by molar-refractivity contribution is 7.99. The molecule has 4 nitrogen and oxygen atoms in total. The van der Waals surface area contributed by atoms with E-state index in [4.69, 9.17) is 5.26 Å². The minimum absolute atomic E-state index is 0.0640. The molecule has 0 fully saturated rings. The summed E-state index contributed by atoms with van der Waals surface area (Å²) in [5.41, 5.74) is 1.74. The smallest absolute Gasteiger partial charge is 0.258 e. The molecule has 0 amide bonds. The monoisotopic (exact) mass is 270 g/mol. The predicted octanol–water partition coefficient (Wildman–Crippen LogP) is 3.93. The summed E-state index contributed by atoms with van der Waals surface area (Å²) >= 11 is 1.43. The molecule has 0 radical (unpaired) electrons. The molecular formula is C14H10N2O2S. The van der Waals surface area contributed by atoms with Crippen molar-refractivity contribution in [1.82, 2.24) is 0 Å². The minimum Gasteiger partial charge on any atom is -0.258 e. The first-order chi connectivity index (χ1) is 9.10. The Morgan fingerprint density at radius 2 is 1.89 bits per heavy atom. The van der Waals surface area contributed by atoms with Gasteiger partial charge < -0.3 is 0 Å². The molecule has 0 heterocycles. The van der Waals surface area contributed by atoms with E-state index in [0.717, 1.165) is 15.4 Å². The lowest BCUT2D eigenvalue weighted by Gasteiger charge is -2.05. The normalized spacial score (nSPS) is 9.89. The molecule has 5 heteroatoms.